The van der Waals surface area contributed by atoms with Gasteiger partial charge in [-0.2, -0.15) is 8.78 Å². The highest BCUT2D eigenvalue weighted by molar-refractivity contribution is 5.91. The van der Waals surface area contributed by atoms with Crippen molar-refractivity contribution >= 4 is 24.3 Å². The van der Waals surface area contributed by atoms with E-state index in [1.165, 1.54) is 29.2 Å². The number of aryl methyl sites for hydroxylation is 3. The van der Waals surface area contributed by atoms with Gasteiger partial charge in [0, 0.05) is 12.8 Å². The summed E-state index contributed by atoms with van der Waals surface area (Å²) in [6.45, 7) is 6.26. The fourth-order valence-corrected chi connectivity index (χ4v) is 3.56. The van der Waals surface area contributed by atoms with Crippen molar-refractivity contribution in [2.24, 2.45) is 4.99 Å². The van der Waals surface area contributed by atoms with E-state index >= 15 is 0 Å². The molecule has 10 heteroatoms. The Morgan fingerprint density at radius 3 is 1.94 bits per heavy atom. The summed E-state index contributed by atoms with van der Waals surface area (Å²) in [7, 11) is 0. The van der Waals surface area contributed by atoms with Gasteiger partial charge < -0.3 is 9.64 Å². The molecule has 0 aromatic heterocycles. The average Bonchev–Trinajstić information content (AvgIpc) is 2.85. The molecule has 0 aliphatic carbocycles. The number of rotatable bonds is 8. The van der Waals surface area contributed by atoms with Gasteiger partial charge in [0.25, 0.3) is 0 Å². The van der Waals surface area contributed by atoms with E-state index in [0.717, 1.165) is 22.4 Å². The number of amides is 1. The first-order valence-electron chi connectivity index (χ1n) is 10.7. The van der Waals surface area contributed by atoms with Crippen LogP contribution >= 0.6 is 0 Å². The Hall–Kier alpha value is -4.08. The van der Waals surface area contributed by atoms with Crippen LogP contribution in [0.15, 0.2) is 41.4 Å². The number of benzene rings is 3. The number of halogens is 5. The summed E-state index contributed by atoms with van der Waals surface area (Å²) in [6.07, 6.45) is 2.24. The van der Waals surface area contributed by atoms with Crippen LogP contribution in [0.5, 0.6) is 5.75 Å². The van der Waals surface area contributed by atoms with E-state index in [2.05, 4.69) is 9.73 Å². The molecule has 3 rings (SSSR count). The Kier molecular flexibility index (Phi) is 8.18. The quantitative estimate of drug-likeness (QED) is 0.0732. The normalized spacial score (nSPS) is 11.1. The van der Waals surface area contributed by atoms with Crippen molar-refractivity contribution in [3.63, 3.8) is 0 Å². The summed E-state index contributed by atoms with van der Waals surface area (Å²) >= 11 is 0. The maximum Gasteiger partial charge on any atom is 0.343 e. The van der Waals surface area contributed by atoms with Gasteiger partial charge >= 0.3 is 5.97 Å². The topological polar surface area (TPSA) is 59.0 Å². The van der Waals surface area contributed by atoms with Crippen molar-refractivity contribution in [3.8, 4) is 5.75 Å². The third-order valence-electron chi connectivity index (χ3n) is 5.26. The van der Waals surface area contributed by atoms with Gasteiger partial charge in [-0.25, -0.2) is 18.0 Å². The van der Waals surface area contributed by atoms with E-state index < -0.39 is 40.8 Å². The molecule has 0 saturated heterocycles. The fourth-order valence-electron chi connectivity index (χ4n) is 3.56. The molecule has 0 radical (unpaired) electrons. The summed E-state index contributed by atoms with van der Waals surface area (Å²) in [5.74, 6) is -14.3. The van der Waals surface area contributed by atoms with Crippen LogP contribution in [0.25, 0.3) is 0 Å². The highest BCUT2D eigenvalue weighted by Gasteiger charge is 2.28. The number of nitrogens with zero attached hydrogens (tertiary/aromatic N) is 2. The van der Waals surface area contributed by atoms with Crippen LogP contribution in [0.3, 0.4) is 0 Å². The Morgan fingerprint density at radius 1 is 0.889 bits per heavy atom. The van der Waals surface area contributed by atoms with Crippen LogP contribution in [0.4, 0.5) is 27.6 Å². The summed E-state index contributed by atoms with van der Waals surface area (Å²) in [5.41, 5.74) is 4.36. The number of aliphatic imine (C=N–C) groups is 1. The number of esters is 1. The van der Waals surface area contributed by atoms with Gasteiger partial charge in [0.2, 0.25) is 41.2 Å². The molecular weight excluding hydrogens is 483 g/mol. The molecule has 3 aromatic rings. The number of hydrogen-bond acceptors (Lipinski definition) is 4. The number of carbonyl (C=O) groups is 2. The molecule has 0 aliphatic rings. The van der Waals surface area contributed by atoms with Gasteiger partial charge in [-0.1, -0.05) is 29.8 Å². The molecule has 3 aromatic carbocycles. The molecule has 0 N–H and O–H groups in total. The second-order valence-electron chi connectivity index (χ2n) is 8.08. The van der Waals surface area contributed by atoms with E-state index in [-0.39, 0.29) is 18.7 Å². The van der Waals surface area contributed by atoms with Crippen molar-refractivity contribution in [1.82, 2.24) is 4.90 Å². The number of ether oxygens (including phenoxy) is 1. The zero-order valence-corrected chi connectivity index (χ0v) is 19.5. The molecule has 0 unspecified atom stereocenters. The van der Waals surface area contributed by atoms with Gasteiger partial charge in [0.15, 0.2) is 0 Å². The predicted molar refractivity (Wildman–Crippen MR) is 123 cm³/mol. The minimum absolute atomic E-state index is 0.161. The van der Waals surface area contributed by atoms with Crippen molar-refractivity contribution in [1.29, 1.82) is 0 Å². The maximum absolute atomic E-state index is 13.7. The van der Waals surface area contributed by atoms with E-state index in [1.807, 2.05) is 32.9 Å². The lowest BCUT2D eigenvalue weighted by atomic mass is 10.1. The van der Waals surface area contributed by atoms with Gasteiger partial charge in [0.05, 0.1) is 17.8 Å². The SMILES string of the molecule is Cc1cc(C)c(N=CCN(C=O)Cc2ccc(C(=O)Oc3c(F)c(F)c(F)c(F)c3F)cc2)c(C)c1. The van der Waals surface area contributed by atoms with Crippen molar-refractivity contribution in [2.75, 3.05) is 6.54 Å². The summed E-state index contributed by atoms with van der Waals surface area (Å²) in [6, 6.07) is 9.40. The first-order chi connectivity index (χ1) is 17.0. The Bertz CT molecular complexity index is 1290. The molecule has 0 fully saturated rings. The highest BCUT2D eigenvalue weighted by Crippen LogP contribution is 2.30. The largest absolute Gasteiger partial charge is 0.416 e. The second kappa shape index (κ2) is 11.1. The average molecular weight is 504 g/mol. The second-order valence-corrected chi connectivity index (χ2v) is 8.08. The molecule has 0 atom stereocenters. The minimum Gasteiger partial charge on any atom is -0.416 e. The first-order valence-corrected chi connectivity index (χ1v) is 10.7. The lowest BCUT2D eigenvalue weighted by Crippen LogP contribution is -2.23. The Morgan fingerprint density at radius 2 is 1.42 bits per heavy atom. The van der Waals surface area contributed by atoms with Gasteiger partial charge in [-0.15, -0.1) is 0 Å². The monoisotopic (exact) mass is 504 g/mol. The van der Waals surface area contributed by atoms with Crippen molar-refractivity contribution in [3.05, 3.63) is 93.3 Å². The van der Waals surface area contributed by atoms with Crippen molar-refractivity contribution in [2.45, 2.75) is 27.3 Å². The number of hydrogen-bond donors (Lipinski definition) is 0. The molecule has 0 bridgehead atoms. The Balaban J connectivity index is 1.67. The predicted octanol–water partition coefficient (Wildman–Crippen LogP) is 5.89. The number of carbonyl (C=O) groups excluding carboxylic acids is 2. The third kappa shape index (κ3) is 5.76. The fraction of sp³-hybridized carbons (Fsp3) is 0.192. The van der Waals surface area contributed by atoms with Crippen LogP contribution in [0.2, 0.25) is 0 Å². The molecule has 0 spiro atoms. The van der Waals surface area contributed by atoms with Gasteiger partial charge in [-0.05, 0) is 49.6 Å². The summed E-state index contributed by atoms with van der Waals surface area (Å²) in [5, 5.41) is 0. The van der Waals surface area contributed by atoms with Crippen molar-refractivity contribution < 1.29 is 36.3 Å². The molecule has 0 aliphatic heterocycles. The molecule has 36 heavy (non-hydrogen) atoms. The lowest BCUT2D eigenvalue weighted by molar-refractivity contribution is -0.117. The summed E-state index contributed by atoms with van der Waals surface area (Å²) < 4.78 is 71.7. The van der Waals surface area contributed by atoms with Crippen LogP contribution in [0, 0.1) is 49.9 Å². The Labute approximate surface area is 203 Å². The van der Waals surface area contributed by atoms with Crippen LogP contribution < -0.4 is 4.74 Å². The molecule has 5 nitrogen and oxygen atoms in total. The minimum atomic E-state index is -2.36. The van der Waals surface area contributed by atoms with E-state index in [4.69, 9.17) is 0 Å². The lowest BCUT2D eigenvalue weighted by Gasteiger charge is -2.15. The molecule has 0 heterocycles. The zero-order chi connectivity index (χ0) is 26.6. The first kappa shape index (κ1) is 26.5. The molecule has 188 valence electrons. The van der Waals surface area contributed by atoms with E-state index in [1.54, 1.807) is 6.21 Å². The molecule has 1 amide bonds. The molecular formula is C26H21F5N2O3. The standard InChI is InChI=1S/C26H21F5N2O3/c1-14-10-15(2)24(16(3)11-14)32-8-9-33(13-34)12-17-4-6-18(7-5-17)26(35)36-25-22(30)20(28)19(27)21(29)23(25)31/h4-8,10-11,13H,9,12H2,1-3H3. The van der Waals surface area contributed by atoms with Crippen LogP contribution in [-0.2, 0) is 11.3 Å². The molecule has 0 saturated carbocycles. The smallest absolute Gasteiger partial charge is 0.343 e. The van der Waals surface area contributed by atoms with E-state index in [9.17, 15) is 31.5 Å². The van der Waals surface area contributed by atoms with Crippen LogP contribution in [0.1, 0.15) is 32.6 Å². The highest BCUT2D eigenvalue weighted by atomic mass is 19.2. The van der Waals surface area contributed by atoms with E-state index in [0.29, 0.717) is 12.0 Å². The summed E-state index contributed by atoms with van der Waals surface area (Å²) in [4.78, 5) is 29.6. The van der Waals surface area contributed by atoms with Crippen LogP contribution in [-0.4, -0.2) is 30.0 Å². The maximum atomic E-state index is 13.7. The van der Waals surface area contributed by atoms with Gasteiger partial charge in [0.1, 0.15) is 0 Å². The van der Waals surface area contributed by atoms with Gasteiger partial charge in [-0.3, -0.25) is 9.79 Å². The third-order valence-corrected chi connectivity index (χ3v) is 5.26. The zero-order valence-electron chi connectivity index (χ0n) is 19.5.